The van der Waals surface area contributed by atoms with E-state index in [1.807, 2.05) is 18.5 Å². The van der Waals surface area contributed by atoms with Gasteiger partial charge in [-0.05, 0) is 186 Å². The van der Waals surface area contributed by atoms with Crippen molar-refractivity contribution in [2.75, 3.05) is 43.9 Å². The van der Waals surface area contributed by atoms with E-state index in [0.717, 1.165) is 130 Å². The van der Waals surface area contributed by atoms with Crippen molar-refractivity contribution in [3.63, 3.8) is 0 Å². The Balaban J connectivity index is 0.717. The molecule has 380 valence electrons. The maximum atomic E-state index is 13.0. The third kappa shape index (κ3) is 13.6. The Morgan fingerprint density at radius 3 is 2.43 bits per heavy atom. The highest BCUT2D eigenvalue weighted by molar-refractivity contribution is 5.81. The number of carbonyl (C=O) groups is 2. The highest BCUT2D eigenvalue weighted by atomic mass is 16.5. The van der Waals surface area contributed by atoms with Gasteiger partial charge in [-0.3, -0.25) is 24.5 Å². The van der Waals surface area contributed by atoms with Gasteiger partial charge in [0.25, 0.3) is 0 Å². The van der Waals surface area contributed by atoms with Gasteiger partial charge in [0, 0.05) is 81.7 Å². The topological polar surface area (TPSA) is 126 Å². The molecule has 10 heteroatoms. The van der Waals surface area contributed by atoms with Crippen molar-refractivity contribution >= 4 is 23.3 Å². The number of esters is 1. The number of ether oxygens (including phenoxy) is 1. The fourth-order valence-corrected chi connectivity index (χ4v) is 15.0. The van der Waals surface area contributed by atoms with Crippen LogP contribution < -0.4 is 21.3 Å². The first-order chi connectivity index (χ1) is 32.7. The van der Waals surface area contributed by atoms with Gasteiger partial charge in [0.2, 0.25) is 5.91 Å². The molecule has 0 bridgehead atoms. The van der Waals surface area contributed by atoms with Crippen LogP contribution in [0.5, 0.6) is 0 Å². The number of nitrogens with two attached hydrogens (primary N) is 1. The van der Waals surface area contributed by atoms with Crippen LogP contribution in [0, 0.1) is 52.3 Å². The summed E-state index contributed by atoms with van der Waals surface area (Å²) in [5.74, 6) is 5.55. The van der Waals surface area contributed by atoms with E-state index < -0.39 is 0 Å². The number of likely N-dealkylation sites (tertiary alicyclic amines) is 1. The number of aryl methyl sites for hydroxylation is 1. The zero-order valence-electron chi connectivity index (χ0n) is 43.9. The number of fused-ring (bicyclic) bond motifs is 5. The van der Waals surface area contributed by atoms with Gasteiger partial charge in [-0.1, -0.05) is 66.7 Å². The molecule has 2 aromatic heterocycles. The highest BCUT2D eigenvalue weighted by Gasteiger charge is 2.60. The summed E-state index contributed by atoms with van der Waals surface area (Å²) in [7, 11) is 4.14. The van der Waals surface area contributed by atoms with Crippen molar-refractivity contribution in [3.05, 3.63) is 48.0 Å². The second-order valence-electron chi connectivity index (χ2n) is 23.9. The molecule has 3 heterocycles. The summed E-state index contributed by atoms with van der Waals surface area (Å²) < 4.78 is 6.10. The fourth-order valence-electron chi connectivity index (χ4n) is 15.0. The molecule has 2 aromatic rings. The largest absolute Gasteiger partial charge is 0.462 e. The lowest BCUT2D eigenvalue weighted by atomic mass is 9.44. The maximum absolute atomic E-state index is 13.0. The van der Waals surface area contributed by atoms with E-state index >= 15 is 0 Å². The van der Waals surface area contributed by atoms with Crippen LogP contribution in [0.3, 0.4) is 0 Å². The van der Waals surface area contributed by atoms with Gasteiger partial charge in [-0.2, -0.15) is 0 Å². The third-order valence-electron chi connectivity index (χ3n) is 18.8. The van der Waals surface area contributed by atoms with Crippen molar-refractivity contribution in [2.45, 2.75) is 207 Å². The van der Waals surface area contributed by atoms with Gasteiger partial charge in [0.1, 0.15) is 6.10 Å². The second-order valence-corrected chi connectivity index (χ2v) is 23.9. The summed E-state index contributed by atoms with van der Waals surface area (Å²) in [5.41, 5.74) is 12.2. The van der Waals surface area contributed by atoms with Crippen molar-refractivity contribution in [2.24, 2.45) is 58.0 Å². The second kappa shape index (κ2) is 24.7. The molecular formula is C58H95N7O3. The number of nitrogens with zero attached hydrogens (tertiary/aromatic N) is 4. The monoisotopic (exact) mass is 938 g/mol. The lowest BCUT2D eigenvalue weighted by Crippen LogP contribution is -2.54. The fraction of sp³-hybridized carbons (Fsp3) is 0.793. The highest BCUT2D eigenvalue weighted by Crippen LogP contribution is 2.68. The Bertz CT molecular complexity index is 1890. The number of carbonyl (C=O) groups excluding carboxylic acids is 2. The van der Waals surface area contributed by atoms with Crippen LogP contribution in [0.1, 0.15) is 187 Å². The summed E-state index contributed by atoms with van der Waals surface area (Å²) in [4.78, 5) is 39.7. The molecule has 4 saturated carbocycles. The Morgan fingerprint density at radius 1 is 0.824 bits per heavy atom. The number of nitrogens with one attached hydrogen (secondary N) is 2. The molecule has 1 amide bonds. The molecule has 68 heavy (non-hydrogen) atoms. The smallest absolute Gasteiger partial charge is 0.306 e. The van der Waals surface area contributed by atoms with E-state index in [9.17, 15) is 9.59 Å². The minimum absolute atomic E-state index is 0.00494. The van der Waals surface area contributed by atoms with Gasteiger partial charge in [0.05, 0.1) is 12.1 Å². The van der Waals surface area contributed by atoms with Crippen LogP contribution in [0.2, 0.25) is 0 Å². The number of anilines is 2. The summed E-state index contributed by atoms with van der Waals surface area (Å²) >= 11 is 0. The number of amides is 1. The standard InChI is InChI=1S/C58H95N7O3/c1-41(2)15-13-16-42(3)50-22-23-51-49-21-20-43-37-48(26-30-57(43,4)52(49)27-31-58(50,51)5)68-56(67)25-24-55(66)63-33-12-11-32-60-45-28-34-61-44(38-45)17-9-8-10-18-53(59)54-19-14-36-65(54)40-46-39-47(64(6)7)29-35-62-46/h28-29,34-35,38-39,41-43,48-54H,8-27,30-33,36-37,40,59H2,1-7H3,(H,60,61)(H,63,66). The van der Waals surface area contributed by atoms with Crippen molar-refractivity contribution < 1.29 is 14.3 Å². The van der Waals surface area contributed by atoms with E-state index in [2.05, 4.69) is 97.3 Å². The van der Waals surface area contributed by atoms with Gasteiger partial charge in [-0.25, -0.2) is 0 Å². The van der Waals surface area contributed by atoms with Crippen LogP contribution >= 0.6 is 0 Å². The number of hydrogen-bond donors (Lipinski definition) is 3. The number of aromatic nitrogens is 2. The summed E-state index contributed by atoms with van der Waals surface area (Å²) in [6.45, 7) is 16.0. The van der Waals surface area contributed by atoms with Crippen LogP contribution in [0.25, 0.3) is 0 Å². The van der Waals surface area contributed by atoms with E-state index in [1.165, 1.54) is 82.7 Å². The molecule has 4 N–H and O–H groups in total. The van der Waals surface area contributed by atoms with E-state index in [0.29, 0.717) is 29.3 Å². The number of unbranched alkanes of at least 4 members (excludes halogenated alkanes) is 3. The molecule has 0 aromatic carbocycles. The van der Waals surface area contributed by atoms with Gasteiger partial charge in [-0.15, -0.1) is 0 Å². The molecule has 11 unspecified atom stereocenters. The number of hydrogen-bond acceptors (Lipinski definition) is 9. The summed E-state index contributed by atoms with van der Waals surface area (Å²) in [5, 5.41) is 6.58. The molecule has 1 saturated heterocycles. The molecule has 4 aliphatic carbocycles. The minimum atomic E-state index is -0.205. The van der Waals surface area contributed by atoms with Crippen LogP contribution in [-0.2, 0) is 27.3 Å². The predicted molar refractivity (Wildman–Crippen MR) is 279 cm³/mol. The van der Waals surface area contributed by atoms with Crippen LogP contribution in [-0.4, -0.2) is 78.7 Å². The molecule has 1 aliphatic heterocycles. The van der Waals surface area contributed by atoms with Gasteiger partial charge < -0.3 is 26.0 Å². The summed E-state index contributed by atoms with van der Waals surface area (Å²) in [6.07, 6.45) is 29.5. The first-order valence-corrected chi connectivity index (χ1v) is 28.0. The lowest BCUT2D eigenvalue weighted by molar-refractivity contribution is -0.163. The molecule has 11 atom stereocenters. The molecule has 0 radical (unpaired) electrons. The summed E-state index contributed by atoms with van der Waals surface area (Å²) in [6, 6.07) is 9.08. The lowest BCUT2D eigenvalue weighted by Gasteiger charge is -2.61. The SMILES string of the molecule is CC(C)CCCC(C)C1CCC2C3CCC4CC(OC(=O)CCC(=O)NCCCCNc5ccnc(CCCCCC(N)C6CCCN6Cc6cc(N(C)C)ccn6)c5)CCC4(C)C3CCC12C. The quantitative estimate of drug-likeness (QED) is 0.0659. The predicted octanol–water partition coefficient (Wildman–Crippen LogP) is 11.8. The molecule has 7 rings (SSSR count). The zero-order chi connectivity index (χ0) is 48.3. The molecular weight excluding hydrogens is 843 g/mol. The Morgan fingerprint density at radius 2 is 1.60 bits per heavy atom. The van der Waals surface area contributed by atoms with Crippen molar-refractivity contribution in [1.82, 2.24) is 20.2 Å². The average Bonchev–Trinajstić information content (AvgIpc) is 3.93. The van der Waals surface area contributed by atoms with Crippen LogP contribution in [0.15, 0.2) is 36.7 Å². The zero-order valence-corrected chi connectivity index (χ0v) is 43.9. The number of pyridine rings is 2. The third-order valence-corrected chi connectivity index (χ3v) is 18.8. The Labute approximate surface area is 413 Å². The van der Waals surface area contributed by atoms with Crippen molar-refractivity contribution in [1.29, 1.82) is 0 Å². The van der Waals surface area contributed by atoms with Gasteiger partial charge in [0.15, 0.2) is 0 Å². The maximum Gasteiger partial charge on any atom is 0.306 e. The molecule has 0 spiro atoms. The van der Waals surface area contributed by atoms with Crippen LogP contribution in [0.4, 0.5) is 11.4 Å². The van der Waals surface area contributed by atoms with E-state index in [-0.39, 0.29) is 36.9 Å². The van der Waals surface area contributed by atoms with Gasteiger partial charge >= 0.3 is 5.97 Å². The average molecular weight is 938 g/mol. The Kier molecular flexibility index (Phi) is 19.1. The molecule has 5 aliphatic rings. The first-order valence-electron chi connectivity index (χ1n) is 28.0. The van der Waals surface area contributed by atoms with Crippen molar-refractivity contribution in [3.8, 4) is 0 Å². The molecule has 5 fully saturated rings. The van der Waals surface area contributed by atoms with E-state index in [4.69, 9.17) is 10.5 Å². The van der Waals surface area contributed by atoms with E-state index in [1.54, 1.807) is 0 Å². The minimum Gasteiger partial charge on any atom is -0.462 e. The normalized spacial score (nSPS) is 30.0. The molecule has 10 nitrogen and oxygen atoms in total. The number of rotatable bonds is 25. The Hall–Kier alpha value is -3.24. The first kappa shape index (κ1) is 52.6.